The van der Waals surface area contributed by atoms with E-state index in [1.807, 2.05) is 12.4 Å². The number of aryl methyl sites for hydroxylation is 1. The second-order valence-electron chi connectivity index (χ2n) is 5.23. The molecule has 0 aliphatic carbocycles. The first kappa shape index (κ1) is 11.1. The Labute approximate surface area is 96.7 Å². The van der Waals surface area contributed by atoms with Gasteiger partial charge in [0, 0.05) is 10.8 Å². The molecule has 0 spiro atoms. The Balaban J connectivity index is 2.73. The lowest BCUT2D eigenvalue weighted by atomic mass is 9.82. The second kappa shape index (κ2) is 3.85. The molecule has 2 rings (SSSR count). The van der Waals surface area contributed by atoms with E-state index in [2.05, 4.69) is 50.0 Å². The molecule has 16 heavy (non-hydrogen) atoms. The van der Waals surface area contributed by atoms with Gasteiger partial charge < -0.3 is 0 Å². The standard InChI is InChI=1S/C14H18N2/c1-5-10-6-11-8-15-16-9-12(11)7-13(10)14(2,3)4/h6-9H,5H2,1-4H3. The minimum Gasteiger partial charge on any atom is -0.158 e. The van der Waals surface area contributed by atoms with Crippen molar-refractivity contribution in [1.29, 1.82) is 0 Å². The number of aromatic nitrogens is 2. The Morgan fingerprint density at radius 3 is 2.06 bits per heavy atom. The van der Waals surface area contributed by atoms with E-state index in [1.165, 1.54) is 21.9 Å². The zero-order valence-corrected chi connectivity index (χ0v) is 10.4. The van der Waals surface area contributed by atoms with Gasteiger partial charge in [-0.1, -0.05) is 27.7 Å². The van der Waals surface area contributed by atoms with Crippen LogP contribution in [-0.2, 0) is 11.8 Å². The fourth-order valence-electron chi connectivity index (χ4n) is 2.09. The molecule has 0 amide bonds. The summed E-state index contributed by atoms with van der Waals surface area (Å²) in [5.41, 5.74) is 3.01. The van der Waals surface area contributed by atoms with E-state index in [-0.39, 0.29) is 5.41 Å². The number of nitrogens with zero attached hydrogens (tertiary/aromatic N) is 2. The Hall–Kier alpha value is -1.44. The lowest BCUT2D eigenvalue weighted by molar-refractivity contribution is 0.584. The van der Waals surface area contributed by atoms with Crippen LogP contribution in [0.25, 0.3) is 10.8 Å². The lowest BCUT2D eigenvalue weighted by Crippen LogP contribution is -2.14. The summed E-state index contributed by atoms with van der Waals surface area (Å²) >= 11 is 0. The van der Waals surface area contributed by atoms with Gasteiger partial charge in [-0.2, -0.15) is 10.2 Å². The summed E-state index contributed by atoms with van der Waals surface area (Å²) in [6, 6.07) is 4.49. The van der Waals surface area contributed by atoms with E-state index in [1.54, 1.807) is 0 Å². The molecule has 0 saturated carbocycles. The molecule has 0 fully saturated rings. The van der Waals surface area contributed by atoms with E-state index >= 15 is 0 Å². The van der Waals surface area contributed by atoms with Crippen LogP contribution in [0, 0.1) is 0 Å². The van der Waals surface area contributed by atoms with Gasteiger partial charge in [0.25, 0.3) is 0 Å². The maximum absolute atomic E-state index is 3.94. The molecular weight excluding hydrogens is 196 g/mol. The summed E-state index contributed by atoms with van der Waals surface area (Å²) in [6.45, 7) is 8.96. The molecule has 0 aliphatic heterocycles. The molecule has 0 unspecified atom stereocenters. The van der Waals surface area contributed by atoms with Crippen LogP contribution in [0.5, 0.6) is 0 Å². The predicted octanol–water partition coefficient (Wildman–Crippen LogP) is 3.49. The average Bonchev–Trinajstić information content (AvgIpc) is 2.26. The molecule has 1 aromatic heterocycles. The van der Waals surface area contributed by atoms with Gasteiger partial charge >= 0.3 is 0 Å². The zero-order valence-electron chi connectivity index (χ0n) is 10.4. The van der Waals surface area contributed by atoms with E-state index < -0.39 is 0 Å². The van der Waals surface area contributed by atoms with Crippen molar-refractivity contribution >= 4 is 10.8 Å². The molecule has 84 valence electrons. The van der Waals surface area contributed by atoms with Crippen molar-refractivity contribution in [2.75, 3.05) is 0 Å². The molecule has 2 heteroatoms. The van der Waals surface area contributed by atoms with Gasteiger partial charge in [-0.25, -0.2) is 0 Å². The summed E-state index contributed by atoms with van der Waals surface area (Å²) in [5.74, 6) is 0. The van der Waals surface area contributed by atoms with Crippen LogP contribution in [-0.4, -0.2) is 10.2 Å². The highest BCUT2D eigenvalue weighted by Crippen LogP contribution is 2.29. The van der Waals surface area contributed by atoms with Crippen molar-refractivity contribution < 1.29 is 0 Å². The van der Waals surface area contributed by atoms with Crippen molar-refractivity contribution in [2.45, 2.75) is 39.5 Å². The van der Waals surface area contributed by atoms with E-state index in [0.717, 1.165) is 6.42 Å². The van der Waals surface area contributed by atoms with Crippen LogP contribution in [0.15, 0.2) is 24.5 Å². The normalized spacial score (nSPS) is 12.0. The first-order valence-corrected chi connectivity index (χ1v) is 5.76. The molecular formula is C14H18N2. The monoisotopic (exact) mass is 214 g/mol. The molecule has 0 radical (unpaired) electrons. The predicted molar refractivity (Wildman–Crippen MR) is 67.6 cm³/mol. The smallest absolute Gasteiger partial charge is 0.0574 e. The Kier molecular flexibility index (Phi) is 2.66. The maximum Gasteiger partial charge on any atom is 0.0574 e. The SMILES string of the molecule is CCc1cc2cnncc2cc1C(C)(C)C. The minimum absolute atomic E-state index is 0.183. The molecule has 0 saturated heterocycles. The number of fused-ring (bicyclic) bond motifs is 1. The van der Waals surface area contributed by atoms with Crippen LogP contribution in [0.2, 0.25) is 0 Å². The van der Waals surface area contributed by atoms with Gasteiger partial charge in [0.1, 0.15) is 0 Å². The average molecular weight is 214 g/mol. The van der Waals surface area contributed by atoms with E-state index in [9.17, 15) is 0 Å². The zero-order chi connectivity index (χ0) is 11.8. The summed E-state index contributed by atoms with van der Waals surface area (Å²) in [5, 5.41) is 10.2. The molecule has 1 heterocycles. The number of hydrogen-bond acceptors (Lipinski definition) is 2. The van der Waals surface area contributed by atoms with Crippen molar-refractivity contribution in [3.05, 3.63) is 35.7 Å². The van der Waals surface area contributed by atoms with Crippen molar-refractivity contribution in [3.8, 4) is 0 Å². The molecule has 2 nitrogen and oxygen atoms in total. The van der Waals surface area contributed by atoms with Gasteiger partial charge in [0.05, 0.1) is 12.4 Å². The van der Waals surface area contributed by atoms with Gasteiger partial charge in [0.15, 0.2) is 0 Å². The van der Waals surface area contributed by atoms with E-state index in [0.29, 0.717) is 0 Å². The largest absolute Gasteiger partial charge is 0.158 e. The van der Waals surface area contributed by atoms with Crippen LogP contribution >= 0.6 is 0 Å². The van der Waals surface area contributed by atoms with Gasteiger partial charge in [-0.15, -0.1) is 0 Å². The van der Waals surface area contributed by atoms with Crippen LogP contribution in [0.1, 0.15) is 38.8 Å². The third-order valence-electron chi connectivity index (χ3n) is 2.96. The highest BCUT2D eigenvalue weighted by atomic mass is 15.1. The molecule has 2 aromatic rings. The van der Waals surface area contributed by atoms with Crippen molar-refractivity contribution in [3.63, 3.8) is 0 Å². The fraction of sp³-hybridized carbons (Fsp3) is 0.429. The Morgan fingerprint density at radius 1 is 1.00 bits per heavy atom. The number of hydrogen-bond donors (Lipinski definition) is 0. The van der Waals surface area contributed by atoms with Gasteiger partial charge in [0.2, 0.25) is 0 Å². The summed E-state index contributed by atoms with van der Waals surface area (Å²) < 4.78 is 0. The first-order valence-electron chi connectivity index (χ1n) is 5.76. The third kappa shape index (κ3) is 1.92. The molecule has 0 N–H and O–H groups in total. The van der Waals surface area contributed by atoms with Crippen molar-refractivity contribution in [2.24, 2.45) is 0 Å². The second-order valence-corrected chi connectivity index (χ2v) is 5.23. The molecule has 0 aliphatic rings. The highest BCUT2D eigenvalue weighted by Gasteiger charge is 2.17. The number of rotatable bonds is 1. The Bertz CT molecular complexity index is 510. The van der Waals surface area contributed by atoms with Crippen LogP contribution in [0.4, 0.5) is 0 Å². The van der Waals surface area contributed by atoms with E-state index in [4.69, 9.17) is 0 Å². The lowest BCUT2D eigenvalue weighted by Gasteiger charge is -2.23. The fourth-order valence-corrected chi connectivity index (χ4v) is 2.09. The topological polar surface area (TPSA) is 25.8 Å². The summed E-state index contributed by atoms with van der Waals surface area (Å²) in [6.07, 6.45) is 4.73. The minimum atomic E-state index is 0.183. The molecule has 0 bridgehead atoms. The van der Waals surface area contributed by atoms with Crippen molar-refractivity contribution in [1.82, 2.24) is 10.2 Å². The maximum atomic E-state index is 3.94. The van der Waals surface area contributed by atoms with Crippen LogP contribution in [0.3, 0.4) is 0 Å². The quantitative estimate of drug-likeness (QED) is 0.726. The van der Waals surface area contributed by atoms with Crippen LogP contribution < -0.4 is 0 Å². The first-order chi connectivity index (χ1) is 7.52. The molecule has 0 atom stereocenters. The summed E-state index contributed by atoms with van der Waals surface area (Å²) in [4.78, 5) is 0. The molecule has 1 aromatic carbocycles. The highest BCUT2D eigenvalue weighted by molar-refractivity contribution is 5.82. The third-order valence-corrected chi connectivity index (χ3v) is 2.96. The Morgan fingerprint density at radius 2 is 1.56 bits per heavy atom. The summed E-state index contributed by atoms with van der Waals surface area (Å²) in [7, 11) is 0. The van der Waals surface area contributed by atoms with Gasteiger partial charge in [-0.05, 0) is 35.1 Å². The number of benzene rings is 1. The van der Waals surface area contributed by atoms with Gasteiger partial charge in [-0.3, -0.25) is 0 Å².